The Morgan fingerprint density at radius 3 is 2.62 bits per heavy atom. The maximum absolute atomic E-state index is 10.1. The maximum Gasteiger partial charge on any atom is 0.136 e. The summed E-state index contributed by atoms with van der Waals surface area (Å²) in [6.45, 7) is 2.84. The highest BCUT2D eigenvalue weighted by atomic mass is 16.5. The molecular formula is C14H18O2. The molecule has 0 aliphatic carbocycles. The first kappa shape index (κ1) is 11.2. The number of hydrogen-bond acceptors (Lipinski definition) is 2. The van der Waals surface area contributed by atoms with E-state index in [1.54, 1.807) is 0 Å². The number of aliphatic hydroxyl groups excluding tert-OH is 1. The van der Waals surface area contributed by atoms with Crippen molar-refractivity contribution in [1.29, 1.82) is 0 Å². The van der Waals surface area contributed by atoms with Gasteiger partial charge in [-0.3, -0.25) is 0 Å². The molecule has 0 bridgehead atoms. The number of aryl methyl sites for hydroxylation is 1. The van der Waals surface area contributed by atoms with E-state index in [4.69, 9.17) is 4.74 Å². The van der Waals surface area contributed by atoms with Gasteiger partial charge in [0.25, 0.3) is 0 Å². The fraction of sp³-hybridized carbons (Fsp3) is 0.429. The summed E-state index contributed by atoms with van der Waals surface area (Å²) in [6.07, 6.45) is 4.45. The topological polar surface area (TPSA) is 29.5 Å². The average molecular weight is 218 g/mol. The minimum Gasteiger partial charge on any atom is -0.495 e. The molecule has 0 fully saturated rings. The van der Waals surface area contributed by atoms with Crippen molar-refractivity contribution in [2.45, 2.75) is 32.3 Å². The van der Waals surface area contributed by atoms with Gasteiger partial charge in [-0.25, -0.2) is 0 Å². The number of rotatable bonds is 3. The molecule has 2 nitrogen and oxygen atoms in total. The lowest BCUT2D eigenvalue weighted by Gasteiger charge is -2.20. The van der Waals surface area contributed by atoms with Crippen LogP contribution in [0.2, 0.25) is 0 Å². The molecule has 86 valence electrons. The van der Waals surface area contributed by atoms with Crippen molar-refractivity contribution >= 4 is 0 Å². The summed E-state index contributed by atoms with van der Waals surface area (Å²) >= 11 is 0. The molecule has 1 atom stereocenters. The zero-order valence-electron chi connectivity index (χ0n) is 9.65. The first-order valence-corrected chi connectivity index (χ1v) is 5.91. The van der Waals surface area contributed by atoms with Gasteiger partial charge in [-0.1, -0.05) is 31.2 Å². The van der Waals surface area contributed by atoms with Crippen molar-refractivity contribution in [3.05, 3.63) is 47.2 Å². The Morgan fingerprint density at radius 2 is 2.06 bits per heavy atom. The third kappa shape index (κ3) is 2.45. The Balaban J connectivity index is 2.13. The normalized spacial score (nSPS) is 17.5. The van der Waals surface area contributed by atoms with Crippen LogP contribution in [-0.4, -0.2) is 11.7 Å². The van der Waals surface area contributed by atoms with Gasteiger partial charge in [-0.15, -0.1) is 0 Å². The zero-order valence-corrected chi connectivity index (χ0v) is 9.65. The number of allylic oxidation sites excluding steroid dienone is 1. The van der Waals surface area contributed by atoms with Crippen molar-refractivity contribution in [1.82, 2.24) is 0 Å². The zero-order chi connectivity index (χ0) is 11.4. The highest BCUT2D eigenvalue weighted by Crippen LogP contribution is 2.25. The quantitative estimate of drug-likeness (QED) is 0.845. The fourth-order valence-corrected chi connectivity index (χ4v) is 1.87. The third-order valence-electron chi connectivity index (χ3n) is 2.94. The van der Waals surface area contributed by atoms with Gasteiger partial charge >= 0.3 is 0 Å². The first-order chi connectivity index (χ1) is 7.81. The molecule has 1 aliphatic rings. The van der Waals surface area contributed by atoms with E-state index in [-0.39, 0.29) is 0 Å². The van der Waals surface area contributed by atoms with Crippen LogP contribution in [0.1, 0.15) is 37.0 Å². The smallest absolute Gasteiger partial charge is 0.136 e. The Labute approximate surface area is 96.6 Å². The van der Waals surface area contributed by atoms with Crippen LogP contribution in [0.3, 0.4) is 0 Å². The van der Waals surface area contributed by atoms with Crippen LogP contribution < -0.4 is 0 Å². The number of aliphatic hydroxyl groups is 1. The summed E-state index contributed by atoms with van der Waals surface area (Å²) in [7, 11) is 0. The molecule has 16 heavy (non-hydrogen) atoms. The van der Waals surface area contributed by atoms with Crippen LogP contribution in [0.4, 0.5) is 0 Å². The average Bonchev–Trinajstić information content (AvgIpc) is 2.39. The molecule has 1 aromatic rings. The summed E-state index contributed by atoms with van der Waals surface area (Å²) in [5, 5.41) is 10.1. The molecule has 1 aliphatic heterocycles. The van der Waals surface area contributed by atoms with Crippen molar-refractivity contribution in [3.63, 3.8) is 0 Å². The lowest BCUT2D eigenvalue weighted by molar-refractivity contribution is 0.0918. The predicted octanol–water partition coefficient (Wildman–Crippen LogP) is 2.98. The van der Waals surface area contributed by atoms with E-state index >= 15 is 0 Å². The molecule has 0 aromatic heterocycles. The second kappa shape index (κ2) is 5.17. The molecule has 2 rings (SSSR count). The second-order valence-corrected chi connectivity index (χ2v) is 4.09. The van der Waals surface area contributed by atoms with Gasteiger partial charge in [0.2, 0.25) is 0 Å². The van der Waals surface area contributed by atoms with E-state index in [1.165, 1.54) is 5.56 Å². The molecule has 1 aromatic carbocycles. The summed E-state index contributed by atoms with van der Waals surface area (Å²) in [5.74, 6) is 0.704. The highest BCUT2D eigenvalue weighted by molar-refractivity contribution is 5.28. The van der Waals surface area contributed by atoms with Gasteiger partial charge < -0.3 is 9.84 Å². The lowest BCUT2D eigenvalue weighted by atomic mass is 10.0. The van der Waals surface area contributed by atoms with E-state index in [9.17, 15) is 5.11 Å². The molecule has 0 saturated heterocycles. The maximum atomic E-state index is 10.1. The van der Waals surface area contributed by atoms with Gasteiger partial charge in [0.05, 0.1) is 6.61 Å². The molecule has 0 radical (unpaired) electrons. The van der Waals surface area contributed by atoms with Gasteiger partial charge in [0, 0.05) is 0 Å². The summed E-state index contributed by atoms with van der Waals surface area (Å²) in [6, 6.07) is 8.06. The third-order valence-corrected chi connectivity index (χ3v) is 2.94. The number of ether oxygens (including phenoxy) is 1. The highest BCUT2D eigenvalue weighted by Gasteiger charge is 2.16. The van der Waals surface area contributed by atoms with Crippen molar-refractivity contribution in [2.75, 3.05) is 6.61 Å². The van der Waals surface area contributed by atoms with Crippen LogP contribution in [0.5, 0.6) is 0 Å². The second-order valence-electron chi connectivity index (χ2n) is 4.09. The van der Waals surface area contributed by atoms with Crippen LogP contribution >= 0.6 is 0 Å². The summed E-state index contributed by atoms with van der Waals surface area (Å²) in [5.41, 5.74) is 2.19. The molecule has 0 saturated carbocycles. The van der Waals surface area contributed by atoms with Gasteiger partial charge in [-0.05, 0) is 36.5 Å². The van der Waals surface area contributed by atoms with Crippen LogP contribution in [-0.2, 0) is 11.2 Å². The van der Waals surface area contributed by atoms with Gasteiger partial charge in [0.1, 0.15) is 11.9 Å². The molecule has 1 N–H and O–H groups in total. The standard InChI is InChI=1S/C14H18O2/c1-2-11-6-8-12(9-7-11)14(15)13-5-3-4-10-16-13/h5-9,14-15H,2-4,10H2,1H3. The minimum atomic E-state index is -0.605. The first-order valence-electron chi connectivity index (χ1n) is 5.91. The van der Waals surface area contributed by atoms with E-state index in [0.29, 0.717) is 5.76 Å². The number of benzene rings is 1. The van der Waals surface area contributed by atoms with Crippen molar-refractivity contribution in [3.8, 4) is 0 Å². The Hall–Kier alpha value is -1.28. The van der Waals surface area contributed by atoms with Crippen LogP contribution in [0.25, 0.3) is 0 Å². The largest absolute Gasteiger partial charge is 0.495 e. The van der Waals surface area contributed by atoms with Crippen molar-refractivity contribution in [2.24, 2.45) is 0 Å². The van der Waals surface area contributed by atoms with Crippen LogP contribution in [0, 0.1) is 0 Å². The van der Waals surface area contributed by atoms with E-state index in [2.05, 4.69) is 19.1 Å². The molecular weight excluding hydrogens is 200 g/mol. The summed E-state index contributed by atoms with van der Waals surface area (Å²) in [4.78, 5) is 0. The Bertz CT molecular complexity index is 365. The molecule has 0 amide bonds. The van der Waals surface area contributed by atoms with Crippen molar-refractivity contribution < 1.29 is 9.84 Å². The minimum absolute atomic E-state index is 0.605. The van der Waals surface area contributed by atoms with Gasteiger partial charge in [-0.2, -0.15) is 0 Å². The SMILES string of the molecule is CCc1ccc(C(O)C2=CCCCO2)cc1. The summed E-state index contributed by atoms with van der Waals surface area (Å²) < 4.78 is 5.46. The van der Waals surface area contributed by atoms with E-state index in [1.807, 2.05) is 18.2 Å². The monoisotopic (exact) mass is 218 g/mol. The van der Waals surface area contributed by atoms with E-state index in [0.717, 1.165) is 31.4 Å². The fourth-order valence-electron chi connectivity index (χ4n) is 1.87. The number of hydrogen-bond donors (Lipinski definition) is 1. The predicted molar refractivity (Wildman–Crippen MR) is 64.0 cm³/mol. The van der Waals surface area contributed by atoms with Crippen LogP contribution in [0.15, 0.2) is 36.1 Å². The molecule has 0 spiro atoms. The Kier molecular flexibility index (Phi) is 3.62. The molecule has 2 heteroatoms. The lowest BCUT2D eigenvalue weighted by Crippen LogP contribution is -2.09. The Morgan fingerprint density at radius 1 is 1.31 bits per heavy atom. The van der Waals surface area contributed by atoms with Gasteiger partial charge in [0.15, 0.2) is 0 Å². The molecule has 1 heterocycles. The molecule has 1 unspecified atom stereocenters. The van der Waals surface area contributed by atoms with E-state index < -0.39 is 6.10 Å².